The fraction of sp³-hybridized carbons (Fsp3) is 0.312. The SMILES string of the molecule is COC(=O)C(=O)C1CC2(CCN1C(=O)OC(C)(C)C)C(=O)N(c1ccc(-c3ccccc3)cc1)c1ccccc12. The van der Waals surface area contributed by atoms with Crippen molar-refractivity contribution in [1.82, 2.24) is 4.90 Å². The van der Waals surface area contributed by atoms with Gasteiger partial charge in [0.15, 0.2) is 0 Å². The molecule has 0 aromatic heterocycles. The summed E-state index contributed by atoms with van der Waals surface area (Å²) in [5.74, 6) is -2.15. The Kier molecular flexibility index (Phi) is 6.96. The quantitative estimate of drug-likeness (QED) is 0.325. The molecule has 0 aliphatic carbocycles. The number of hydrogen-bond donors (Lipinski definition) is 0. The highest BCUT2D eigenvalue weighted by atomic mass is 16.6. The molecule has 2 aliphatic heterocycles. The van der Waals surface area contributed by atoms with Gasteiger partial charge in [-0.1, -0.05) is 60.7 Å². The first-order chi connectivity index (χ1) is 19.1. The number of rotatable bonds is 4. The van der Waals surface area contributed by atoms with Gasteiger partial charge in [0, 0.05) is 12.2 Å². The summed E-state index contributed by atoms with van der Waals surface area (Å²) >= 11 is 0. The molecule has 0 bridgehead atoms. The smallest absolute Gasteiger partial charge is 0.410 e. The van der Waals surface area contributed by atoms with Gasteiger partial charge >= 0.3 is 12.1 Å². The minimum absolute atomic E-state index is 0.0587. The van der Waals surface area contributed by atoms with Gasteiger partial charge in [-0.25, -0.2) is 9.59 Å². The number of carbonyl (C=O) groups excluding carboxylic acids is 4. The lowest BCUT2D eigenvalue weighted by Crippen LogP contribution is -2.59. The number of fused-ring (bicyclic) bond motifs is 2. The molecule has 2 amide bonds. The molecule has 0 saturated carbocycles. The molecule has 8 heteroatoms. The van der Waals surface area contributed by atoms with Crippen molar-refractivity contribution in [2.75, 3.05) is 18.6 Å². The van der Waals surface area contributed by atoms with Crippen LogP contribution in [0, 0.1) is 0 Å². The number of benzene rings is 3. The van der Waals surface area contributed by atoms with Crippen molar-refractivity contribution in [1.29, 1.82) is 0 Å². The summed E-state index contributed by atoms with van der Waals surface area (Å²) < 4.78 is 10.3. The molecular weight excluding hydrogens is 508 g/mol. The van der Waals surface area contributed by atoms with Crippen LogP contribution in [0.2, 0.25) is 0 Å². The average molecular weight is 541 g/mol. The number of likely N-dealkylation sites (tertiary alicyclic amines) is 1. The number of ether oxygens (including phenoxy) is 2. The van der Waals surface area contributed by atoms with Crippen LogP contribution in [0.4, 0.5) is 16.2 Å². The molecular formula is C32H32N2O6. The molecule has 0 radical (unpaired) electrons. The van der Waals surface area contributed by atoms with Gasteiger partial charge < -0.3 is 9.47 Å². The molecule has 3 aromatic rings. The third kappa shape index (κ3) is 4.74. The number of nitrogens with zero attached hydrogens (tertiary/aromatic N) is 2. The number of para-hydroxylation sites is 1. The molecule has 1 fully saturated rings. The lowest BCUT2D eigenvalue weighted by molar-refractivity contribution is -0.155. The van der Waals surface area contributed by atoms with E-state index in [1.807, 2.05) is 78.9 Å². The molecule has 1 saturated heterocycles. The van der Waals surface area contributed by atoms with Crippen LogP contribution in [0.3, 0.4) is 0 Å². The van der Waals surface area contributed by atoms with Crippen LogP contribution in [-0.4, -0.2) is 54.0 Å². The molecule has 2 unspecified atom stereocenters. The van der Waals surface area contributed by atoms with Crippen LogP contribution >= 0.6 is 0 Å². The van der Waals surface area contributed by atoms with Crippen LogP contribution in [0.5, 0.6) is 0 Å². The maximum Gasteiger partial charge on any atom is 0.410 e. The Morgan fingerprint density at radius 3 is 2.15 bits per heavy atom. The number of esters is 1. The van der Waals surface area contributed by atoms with Gasteiger partial charge in [-0.2, -0.15) is 0 Å². The molecule has 8 nitrogen and oxygen atoms in total. The molecule has 1 spiro atoms. The molecule has 2 atom stereocenters. The first-order valence-electron chi connectivity index (χ1n) is 13.3. The van der Waals surface area contributed by atoms with Crippen LogP contribution < -0.4 is 4.90 Å². The van der Waals surface area contributed by atoms with Crippen LogP contribution in [0.25, 0.3) is 11.1 Å². The van der Waals surface area contributed by atoms with Crippen molar-refractivity contribution in [3.8, 4) is 11.1 Å². The monoisotopic (exact) mass is 540 g/mol. The molecule has 2 aliphatic rings. The second-order valence-electron chi connectivity index (χ2n) is 11.2. The van der Waals surface area contributed by atoms with Crippen LogP contribution in [0.1, 0.15) is 39.2 Å². The Labute approximate surface area is 233 Å². The minimum Gasteiger partial charge on any atom is -0.463 e. The summed E-state index contributed by atoms with van der Waals surface area (Å²) in [5, 5.41) is 0. The summed E-state index contributed by atoms with van der Waals surface area (Å²) in [4.78, 5) is 56.0. The van der Waals surface area contributed by atoms with E-state index in [0.717, 1.165) is 29.5 Å². The third-order valence-electron chi connectivity index (χ3n) is 7.52. The fourth-order valence-corrected chi connectivity index (χ4v) is 5.66. The van der Waals surface area contributed by atoms with Crippen LogP contribution in [-0.2, 0) is 29.3 Å². The van der Waals surface area contributed by atoms with Gasteiger partial charge in [0.05, 0.1) is 18.2 Å². The van der Waals surface area contributed by atoms with Gasteiger partial charge in [-0.05, 0) is 68.5 Å². The predicted molar refractivity (Wildman–Crippen MR) is 150 cm³/mol. The van der Waals surface area contributed by atoms with Crippen molar-refractivity contribution < 1.29 is 28.7 Å². The number of carbonyl (C=O) groups is 4. The van der Waals surface area contributed by atoms with Crippen molar-refractivity contribution >= 4 is 35.1 Å². The Hall–Kier alpha value is -4.46. The van der Waals surface area contributed by atoms with Crippen molar-refractivity contribution in [2.24, 2.45) is 0 Å². The van der Waals surface area contributed by atoms with E-state index in [1.165, 1.54) is 4.90 Å². The number of anilines is 2. The van der Waals surface area contributed by atoms with E-state index in [1.54, 1.807) is 25.7 Å². The van der Waals surface area contributed by atoms with E-state index in [9.17, 15) is 19.2 Å². The Bertz CT molecular complexity index is 1460. The summed E-state index contributed by atoms with van der Waals surface area (Å²) in [6, 6.07) is 24.0. The second-order valence-corrected chi connectivity index (χ2v) is 11.2. The number of ketones is 1. The number of methoxy groups -OCH3 is 1. The highest BCUT2D eigenvalue weighted by molar-refractivity contribution is 6.36. The number of piperidine rings is 1. The zero-order chi connectivity index (χ0) is 28.7. The summed E-state index contributed by atoms with van der Waals surface area (Å²) in [6.45, 7) is 5.24. The molecule has 206 valence electrons. The summed E-state index contributed by atoms with van der Waals surface area (Å²) in [5.41, 5.74) is 2.35. The zero-order valence-corrected chi connectivity index (χ0v) is 23.0. The first kappa shape index (κ1) is 27.1. The van der Waals surface area contributed by atoms with Gasteiger partial charge in [0.25, 0.3) is 5.78 Å². The predicted octanol–water partition coefficient (Wildman–Crippen LogP) is 5.41. The maximum atomic E-state index is 14.4. The number of amides is 2. The number of Topliss-reactive ketones (excluding diaryl/α,β-unsaturated/α-hetero) is 1. The Balaban J connectivity index is 1.53. The topological polar surface area (TPSA) is 93.2 Å². The normalized spacial score (nSPS) is 20.3. The van der Waals surface area contributed by atoms with E-state index in [4.69, 9.17) is 9.47 Å². The van der Waals surface area contributed by atoms with Gasteiger partial charge in [-0.3, -0.25) is 19.4 Å². The van der Waals surface area contributed by atoms with E-state index < -0.39 is 34.9 Å². The molecule has 2 heterocycles. The summed E-state index contributed by atoms with van der Waals surface area (Å²) in [6.07, 6.45) is -0.503. The standard InChI is InChI=1S/C32H32N2O6/c1-31(2,3)40-30(38)33-19-18-32(20-26(33)27(35)28(36)39-4)24-12-8-9-13-25(24)34(29(32)37)23-16-14-22(15-17-23)21-10-6-5-7-11-21/h5-17,26H,18-20H2,1-4H3. The summed E-state index contributed by atoms with van der Waals surface area (Å²) in [7, 11) is 1.12. The van der Waals surface area contributed by atoms with Gasteiger partial charge in [0.2, 0.25) is 5.91 Å². The molecule has 0 N–H and O–H groups in total. The van der Waals surface area contributed by atoms with Crippen molar-refractivity contribution in [3.63, 3.8) is 0 Å². The molecule has 5 rings (SSSR count). The first-order valence-corrected chi connectivity index (χ1v) is 13.3. The molecule has 40 heavy (non-hydrogen) atoms. The van der Waals surface area contributed by atoms with E-state index in [2.05, 4.69) is 0 Å². The zero-order valence-electron chi connectivity index (χ0n) is 23.0. The van der Waals surface area contributed by atoms with Crippen molar-refractivity contribution in [3.05, 3.63) is 84.4 Å². The minimum atomic E-state index is -1.21. The second kappa shape index (κ2) is 10.3. The van der Waals surface area contributed by atoms with E-state index in [0.29, 0.717) is 5.69 Å². The van der Waals surface area contributed by atoms with Gasteiger partial charge in [0.1, 0.15) is 11.6 Å². The fourth-order valence-electron chi connectivity index (χ4n) is 5.66. The Morgan fingerprint density at radius 1 is 0.875 bits per heavy atom. The maximum absolute atomic E-state index is 14.4. The van der Waals surface area contributed by atoms with Crippen LogP contribution in [0.15, 0.2) is 78.9 Å². The lowest BCUT2D eigenvalue weighted by Gasteiger charge is -2.43. The molecule has 3 aromatic carbocycles. The van der Waals surface area contributed by atoms with E-state index in [-0.39, 0.29) is 25.3 Å². The van der Waals surface area contributed by atoms with E-state index >= 15 is 0 Å². The Morgan fingerprint density at radius 2 is 1.50 bits per heavy atom. The van der Waals surface area contributed by atoms with Crippen molar-refractivity contribution in [2.45, 2.75) is 50.7 Å². The average Bonchev–Trinajstić information content (AvgIpc) is 3.18. The highest BCUT2D eigenvalue weighted by Crippen LogP contribution is 2.52. The highest BCUT2D eigenvalue weighted by Gasteiger charge is 2.57. The van der Waals surface area contributed by atoms with Gasteiger partial charge in [-0.15, -0.1) is 0 Å². The lowest BCUT2D eigenvalue weighted by atomic mass is 9.70. The third-order valence-corrected chi connectivity index (χ3v) is 7.52. The largest absolute Gasteiger partial charge is 0.463 e. The number of hydrogen-bond acceptors (Lipinski definition) is 6.